The standard InChI is InChI=1S/C11H12F3NO2/c1-15-7(4-11(16)17)2-6-3-9(13)10(14)5-8(6)12/h3,5,7,15H,2,4H2,1H3,(H,16,17)/t7-/m0/s1. The molecule has 0 bridgehead atoms. The minimum atomic E-state index is -1.26. The molecule has 0 aromatic heterocycles. The zero-order valence-corrected chi connectivity index (χ0v) is 9.14. The molecule has 94 valence electrons. The first-order chi connectivity index (χ1) is 7.93. The highest BCUT2D eigenvalue weighted by molar-refractivity contribution is 5.67. The molecule has 1 aromatic rings. The van der Waals surface area contributed by atoms with Crippen LogP contribution in [0.4, 0.5) is 13.2 Å². The molecular weight excluding hydrogens is 235 g/mol. The number of aliphatic carboxylic acids is 1. The predicted molar refractivity (Wildman–Crippen MR) is 55.1 cm³/mol. The molecule has 0 fully saturated rings. The fraction of sp³-hybridized carbons (Fsp3) is 0.364. The van der Waals surface area contributed by atoms with Crippen molar-refractivity contribution in [2.45, 2.75) is 18.9 Å². The van der Waals surface area contributed by atoms with Crippen LogP contribution in [0.3, 0.4) is 0 Å². The number of carboxylic acids is 1. The van der Waals surface area contributed by atoms with Crippen LogP contribution in [0.5, 0.6) is 0 Å². The van der Waals surface area contributed by atoms with Crippen LogP contribution in [0.2, 0.25) is 0 Å². The fourth-order valence-corrected chi connectivity index (χ4v) is 1.47. The summed E-state index contributed by atoms with van der Waals surface area (Å²) in [6.07, 6.45) is -0.249. The third-order valence-corrected chi connectivity index (χ3v) is 2.38. The van der Waals surface area contributed by atoms with Gasteiger partial charge >= 0.3 is 5.97 Å². The second-order valence-corrected chi connectivity index (χ2v) is 3.65. The van der Waals surface area contributed by atoms with Crippen LogP contribution in [0.1, 0.15) is 12.0 Å². The van der Waals surface area contributed by atoms with Gasteiger partial charge in [-0.25, -0.2) is 13.2 Å². The number of rotatable bonds is 5. The summed E-state index contributed by atoms with van der Waals surface area (Å²) in [5.41, 5.74) is -0.0514. The van der Waals surface area contributed by atoms with Crippen molar-refractivity contribution in [3.8, 4) is 0 Å². The number of hydrogen-bond acceptors (Lipinski definition) is 2. The van der Waals surface area contributed by atoms with Crippen molar-refractivity contribution >= 4 is 5.97 Å². The number of carbonyl (C=O) groups is 1. The molecule has 1 aromatic carbocycles. The SMILES string of the molecule is CN[C@H](CC(=O)O)Cc1cc(F)c(F)cc1F. The quantitative estimate of drug-likeness (QED) is 0.779. The van der Waals surface area contributed by atoms with Gasteiger partial charge in [-0.3, -0.25) is 4.79 Å². The lowest BCUT2D eigenvalue weighted by Crippen LogP contribution is -2.30. The van der Waals surface area contributed by atoms with E-state index in [4.69, 9.17) is 5.11 Å². The molecule has 17 heavy (non-hydrogen) atoms. The van der Waals surface area contributed by atoms with Gasteiger partial charge in [0.25, 0.3) is 0 Å². The summed E-state index contributed by atoms with van der Waals surface area (Å²) in [5.74, 6) is -4.33. The zero-order valence-electron chi connectivity index (χ0n) is 9.14. The average molecular weight is 247 g/mol. The molecular formula is C11H12F3NO2. The summed E-state index contributed by atoms with van der Waals surface area (Å²) in [5, 5.41) is 11.3. The zero-order chi connectivity index (χ0) is 13.0. The van der Waals surface area contributed by atoms with E-state index in [1.807, 2.05) is 0 Å². The maximum absolute atomic E-state index is 13.3. The van der Waals surface area contributed by atoms with Crippen LogP contribution >= 0.6 is 0 Å². The molecule has 0 saturated heterocycles. The molecule has 1 rings (SSSR count). The number of nitrogens with one attached hydrogen (secondary N) is 1. The van der Waals surface area contributed by atoms with Crippen LogP contribution in [-0.2, 0) is 11.2 Å². The number of halogens is 3. The van der Waals surface area contributed by atoms with Crippen molar-refractivity contribution in [1.29, 1.82) is 0 Å². The Morgan fingerprint density at radius 2 is 1.88 bits per heavy atom. The number of benzene rings is 1. The monoisotopic (exact) mass is 247 g/mol. The van der Waals surface area contributed by atoms with Gasteiger partial charge in [-0.1, -0.05) is 0 Å². The molecule has 0 heterocycles. The van der Waals surface area contributed by atoms with Crippen molar-refractivity contribution in [1.82, 2.24) is 5.32 Å². The Hall–Kier alpha value is -1.56. The van der Waals surface area contributed by atoms with E-state index in [1.165, 1.54) is 7.05 Å². The van der Waals surface area contributed by atoms with E-state index in [0.29, 0.717) is 6.07 Å². The first-order valence-corrected chi connectivity index (χ1v) is 4.96. The second-order valence-electron chi connectivity index (χ2n) is 3.65. The molecule has 6 heteroatoms. The third-order valence-electron chi connectivity index (χ3n) is 2.38. The summed E-state index contributed by atoms with van der Waals surface area (Å²) < 4.78 is 38.8. The van der Waals surface area contributed by atoms with Crippen molar-refractivity contribution in [3.63, 3.8) is 0 Å². The van der Waals surface area contributed by atoms with Gasteiger partial charge in [0.1, 0.15) is 5.82 Å². The smallest absolute Gasteiger partial charge is 0.304 e. The van der Waals surface area contributed by atoms with Gasteiger partial charge in [-0.15, -0.1) is 0 Å². The molecule has 0 spiro atoms. The molecule has 0 aliphatic carbocycles. The summed E-state index contributed by atoms with van der Waals surface area (Å²) in [7, 11) is 1.52. The van der Waals surface area contributed by atoms with Gasteiger partial charge in [0, 0.05) is 12.1 Å². The maximum Gasteiger partial charge on any atom is 0.304 e. The predicted octanol–water partition coefficient (Wildman–Crippen LogP) is 1.71. The Morgan fingerprint density at radius 1 is 1.29 bits per heavy atom. The number of hydrogen-bond donors (Lipinski definition) is 2. The van der Waals surface area contributed by atoms with E-state index in [1.54, 1.807) is 0 Å². The van der Waals surface area contributed by atoms with Gasteiger partial charge in [-0.05, 0) is 25.1 Å². The molecule has 0 amide bonds. The van der Waals surface area contributed by atoms with Crippen molar-refractivity contribution in [2.24, 2.45) is 0 Å². The minimum absolute atomic E-state index is 0.0220. The first-order valence-electron chi connectivity index (χ1n) is 4.96. The van der Waals surface area contributed by atoms with Crippen molar-refractivity contribution in [2.75, 3.05) is 7.05 Å². The highest BCUT2D eigenvalue weighted by Gasteiger charge is 2.16. The lowest BCUT2D eigenvalue weighted by molar-refractivity contribution is -0.137. The Labute approximate surface area is 96.3 Å². The van der Waals surface area contributed by atoms with E-state index in [2.05, 4.69) is 5.32 Å². The van der Waals surface area contributed by atoms with Crippen molar-refractivity contribution in [3.05, 3.63) is 35.1 Å². The van der Waals surface area contributed by atoms with Gasteiger partial charge in [0.05, 0.1) is 6.42 Å². The maximum atomic E-state index is 13.3. The minimum Gasteiger partial charge on any atom is -0.481 e. The molecule has 3 nitrogen and oxygen atoms in total. The molecule has 0 unspecified atom stereocenters. The highest BCUT2D eigenvalue weighted by Crippen LogP contribution is 2.16. The van der Waals surface area contributed by atoms with Gasteiger partial charge in [0.15, 0.2) is 11.6 Å². The second kappa shape index (κ2) is 5.67. The molecule has 0 saturated carbocycles. The third kappa shape index (κ3) is 3.74. The summed E-state index contributed by atoms with van der Waals surface area (Å²) in [6.45, 7) is 0. The number of carboxylic acid groups (broad SMARTS) is 1. The van der Waals surface area contributed by atoms with Gasteiger partial charge in [-0.2, -0.15) is 0 Å². The summed E-state index contributed by atoms with van der Waals surface area (Å²) >= 11 is 0. The van der Waals surface area contributed by atoms with E-state index >= 15 is 0 Å². The fourth-order valence-electron chi connectivity index (χ4n) is 1.47. The normalized spacial score (nSPS) is 12.5. The lowest BCUT2D eigenvalue weighted by atomic mass is 10.0. The summed E-state index contributed by atoms with van der Waals surface area (Å²) in [6, 6.07) is 0.668. The van der Waals surface area contributed by atoms with Gasteiger partial charge < -0.3 is 10.4 Å². The Bertz CT molecular complexity index is 423. The largest absolute Gasteiger partial charge is 0.481 e. The lowest BCUT2D eigenvalue weighted by Gasteiger charge is -2.14. The van der Waals surface area contributed by atoms with Crippen LogP contribution in [0.25, 0.3) is 0 Å². The topological polar surface area (TPSA) is 49.3 Å². The van der Waals surface area contributed by atoms with E-state index < -0.39 is 29.5 Å². The average Bonchev–Trinajstić information content (AvgIpc) is 2.24. The van der Waals surface area contributed by atoms with E-state index in [-0.39, 0.29) is 18.4 Å². The van der Waals surface area contributed by atoms with Crippen LogP contribution < -0.4 is 5.32 Å². The van der Waals surface area contributed by atoms with E-state index in [0.717, 1.165) is 6.07 Å². The molecule has 0 aliphatic rings. The van der Waals surface area contributed by atoms with Crippen LogP contribution in [0, 0.1) is 17.5 Å². The molecule has 1 atom stereocenters. The van der Waals surface area contributed by atoms with Crippen LogP contribution in [-0.4, -0.2) is 24.2 Å². The summed E-state index contributed by atoms with van der Waals surface area (Å²) in [4.78, 5) is 10.5. The first kappa shape index (κ1) is 13.5. The Morgan fingerprint density at radius 3 is 2.41 bits per heavy atom. The molecule has 0 radical (unpaired) electrons. The highest BCUT2D eigenvalue weighted by atomic mass is 19.2. The van der Waals surface area contributed by atoms with Crippen molar-refractivity contribution < 1.29 is 23.1 Å². The van der Waals surface area contributed by atoms with Gasteiger partial charge in [0.2, 0.25) is 0 Å². The van der Waals surface area contributed by atoms with Crippen LogP contribution in [0.15, 0.2) is 12.1 Å². The number of likely N-dealkylation sites (N-methyl/N-ethyl adjacent to an activating group) is 1. The Kier molecular flexibility index (Phi) is 4.51. The molecule has 2 N–H and O–H groups in total. The molecule has 0 aliphatic heterocycles. The Balaban J connectivity index is 2.86. The van der Waals surface area contributed by atoms with E-state index in [9.17, 15) is 18.0 Å².